The van der Waals surface area contributed by atoms with Gasteiger partial charge in [-0.05, 0) is 64.4 Å². The standard InChI is InChI=1S/C13H19Br2N3/c1-16-8-11-4-2-3-5-18(11)9-13-12(15)6-10(14)7-17-13/h6-7,11,16H,2-5,8-9H2,1H3. The van der Waals surface area contributed by atoms with E-state index < -0.39 is 0 Å². The van der Waals surface area contributed by atoms with Crippen molar-refractivity contribution in [2.24, 2.45) is 0 Å². The first-order valence-corrected chi connectivity index (χ1v) is 7.98. The molecular weight excluding hydrogens is 358 g/mol. The second-order valence-electron chi connectivity index (χ2n) is 4.76. The van der Waals surface area contributed by atoms with Crippen LogP contribution in [0.4, 0.5) is 0 Å². The van der Waals surface area contributed by atoms with Crippen molar-refractivity contribution in [1.82, 2.24) is 15.2 Å². The molecule has 3 nitrogen and oxygen atoms in total. The maximum atomic E-state index is 4.51. The van der Waals surface area contributed by atoms with E-state index in [9.17, 15) is 0 Å². The van der Waals surface area contributed by atoms with Gasteiger partial charge < -0.3 is 5.32 Å². The van der Waals surface area contributed by atoms with E-state index >= 15 is 0 Å². The van der Waals surface area contributed by atoms with Gasteiger partial charge in [0.25, 0.3) is 0 Å². The Morgan fingerprint density at radius 2 is 2.28 bits per heavy atom. The summed E-state index contributed by atoms with van der Waals surface area (Å²) in [6.07, 6.45) is 5.80. The topological polar surface area (TPSA) is 28.2 Å². The molecule has 2 heterocycles. The Bertz CT molecular complexity index is 396. The minimum Gasteiger partial charge on any atom is -0.318 e. The zero-order valence-electron chi connectivity index (χ0n) is 10.6. The number of piperidine rings is 1. The van der Waals surface area contributed by atoms with E-state index in [1.807, 2.05) is 13.2 Å². The molecule has 1 unspecified atom stereocenters. The molecule has 1 aliphatic rings. The van der Waals surface area contributed by atoms with Crippen LogP contribution >= 0.6 is 31.9 Å². The first-order valence-electron chi connectivity index (χ1n) is 6.39. The number of hydrogen-bond donors (Lipinski definition) is 1. The summed E-state index contributed by atoms with van der Waals surface area (Å²) >= 11 is 7.04. The maximum Gasteiger partial charge on any atom is 0.0686 e. The molecule has 5 heteroatoms. The number of rotatable bonds is 4. The van der Waals surface area contributed by atoms with Crippen LogP contribution in [0.1, 0.15) is 25.0 Å². The molecule has 0 radical (unpaired) electrons. The van der Waals surface area contributed by atoms with Crippen LogP contribution in [0, 0.1) is 0 Å². The molecule has 1 aliphatic heterocycles. The molecule has 0 aliphatic carbocycles. The number of hydrogen-bond acceptors (Lipinski definition) is 3. The van der Waals surface area contributed by atoms with Crippen LogP contribution in [0.25, 0.3) is 0 Å². The third kappa shape index (κ3) is 3.76. The van der Waals surface area contributed by atoms with Crippen LogP contribution in [0.2, 0.25) is 0 Å². The Hall–Kier alpha value is 0.0300. The average Bonchev–Trinajstić information content (AvgIpc) is 2.35. The van der Waals surface area contributed by atoms with E-state index in [4.69, 9.17) is 0 Å². The summed E-state index contributed by atoms with van der Waals surface area (Å²) in [5.74, 6) is 0. The predicted octanol–water partition coefficient (Wildman–Crippen LogP) is 3.18. The van der Waals surface area contributed by atoms with Gasteiger partial charge in [0.2, 0.25) is 0 Å². The molecule has 18 heavy (non-hydrogen) atoms. The fourth-order valence-corrected chi connectivity index (χ4v) is 3.60. The summed E-state index contributed by atoms with van der Waals surface area (Å²) in [4.78, 5) is 7.05. The van der Waals surface area contributed by atoms with E-state index in [-0.39, 0.29) is 0 Å². The highest BCUT2D eigenvalue weighted by Crippen LogP contribution is 2.24. The van der Waals surface area contributed by atoms with E-state index in [1.54, 1.807) is 0 Å². The van der Waals surface area contributed by atoms with E-state index in [1.165, 1.54) is 25.8 Å². The molecule has 1 fully saturated rings. The predicted molar refractivity (Wildman–Crippen MR) is 81.6 cm³/mol. The van der Waals surface area contributed by atoms with Crippen molar-refractivity contribution in [3.05, 3.63) is 26.9 Å². The van der Waals surface area contributed by atoms with Gasteiger partial charge in [0.1, 0.15) is 0 Å². The van der Waals surface area contributed by atoms with Gasteiger partial charge in [-0.25, -0.2) is 0 Å². The highest BCUT2D eigenvalue weighted by atomic mass is 79.9. The molecule has 0 amide bonds. The molecule has 1 atom stereocenters. The largest absolute Gasteiger partial charge is 0.318 e. The second-order valence-corrected chi connectivity index (χ2v) is 6.53. The van der Waals surface area contributed by atoms with Crippen LogP contribution in [-0.2, 0) is 6.54 Å². The first-order chi connectivity index (χ1) is 8.70. The van der Waals surface area contributed by atoms with Gasteiger partial charge >= 0.3 is 0 Å². The molecule has 1 aromatic rings. The molecule has 1 saturated heterocycles. The number of nitrogens with zero attached hydrogens (tertiary/aromatic N) is 2. The number of aromatic nitrogens is 1. The zero-order valence-corrected chi connectivity index (χ0v) is 13.8. The Morgan fingerprint density at radius 3 is 3.00 bits per heavy atom. The highest BCUT2D eigenvalue weighted by Gasteiger charge is 2.22. The van der Waals surface area contributed by atoms with Gasteiger partial charge in [-0.1, -0.05) is 6.42 Å². The highest BCUT2D eigenvalue weighted by molar-refractivity contribution is 9.11. The monoisotopic (exact) mass is 375 g/mol. The fraction of sp³-hybridized carbons (Fsp3) is 0.615. The second kappa shape index (κ2) is 6.98. The number of likely N-dealkylation sites (tertiary alicyclic amines) is 1. The summed E-state index contributed by atoms with van der Waals surface area (Å²) in [5, 5.41) is 3.30. The molecule has 100 valence electrons. The van der Waals surface area contributed by atoms with Crippen molar-refractivity contribution in [3.8, 4) is 0 Å². The van der Waals surface area contributed by atoms with E-state index in [2.05, 4.69) is 53.1 Å². The molecule has 1 aromatic heterocycles. The van der Waals surface area contributed by atoms with Gasteiger partial charge in [0.05, 0.1) is 5.69 Å². The SMILES string of the molecule is CNCC1CCCCN1Cc1ncc(Br)cc1Br. The van der Waals surface area contributed by atoms with Crippen LogP contribution in [0.3, 0.4) is 0 Å². The van der Waals surface area contributed by atoms with Crippen molar-refractivity contribution >= 4 is 31.9 Å². The van der Waals surface area contributed by atoms with E-state index in [0.29, 0.717) is 6.04 Å². The van der Waals surface area contributed by atoms with Gasteiger partial charge in [0.15, 0.2) is 0 Å². The number of likely N-dealkylation sites (N-methyl/N-ethyl adjacent to an activating group) is 1. The number of nitrogens with one attached hydrogen (secondary N) is 1. The molecule has 1 N–H and O–H groups in total. The number of pyridine rings is 1. The van der Waals surface area contributed by atoms with Gasteiger partial charge in [-0.3, -0.25) is 9.88 Å². The Kier molecular flexibility index (Phi) is 5.60. The summed E-state index contributed by atoms with van der Waals surface area (Å²) in [7, 11) is 2.03. The zero-order chi connectivity index (χ0) is 13.0. The van der Waals surface area contributed by atoms with E-state index in [0.717, 1.165) is 27.7 Å². The molecule has 0 bridgehead atoms. The lowest BCUT2D eigenvalue weighted by Crippen LogP contribution is -2.44. The maximum absolute atomic E-state index is 4.51. The fourth-order valence-electron chi connectivity index (χ4n) is 2.49. The lowest BCUT2D eigenvalue weighted by molar-refractivity contribution is 0.137. The Labute approximate surface area is 126 Å². The average molecular weight is 377 g/mol. The summed E-state index contributed by atoms with van der Waals surface area (Å²) in [5.41, 5.74) is 1.13. The summed E-state index contributed by atoms with van der Waals surface area (Å²) < 4.78 is 2.11. The third-order valence-corrected chi connectivity index (χ3v) is 4.55. The third-order valence-electron chi connectivity index (χ3n) is 3.43. The molecular formula is C13H19Br2N3. The van der Waals surface area contributed by atoms with Crippen molar-refractivity contribution in [1.29, 1.82) is 0 Å². The molecule has 0 spiro atoms. The van der Waals surface area contributed by atoms with Crippen LogP contribution in [0.15, 0.2) is 21.2 Å². The lowest BCUT2D eigenvalue weighted by atomic mass is 10.0. The Balaban J connectivity index is 2.06. The summed E-state index contributed by atoms with van der Waals surface area (Å²) in [6.45, 7) is 3.17. The molecule has 2 rings (SSSR count). The minimum atomic E-state index is 0.640. The smallest absolute Gasteiger partial charge is 0.0686 e. The van der Waals surface area contributed by atoms with Crippen molar-refractivity contribution < 1.29 is 0 Å². The normalized spacial score (nSPS) is 21.2. The lowest BCUT2D eigenvalue weighted by Gasteiger charge is -2.35. The van der Waals surface area contributed by atoms with Crippen LogP contribution in [0.5, 0.6) is 0 Å². The first kappa shape index (κ1) is 14.4. The van der Waals surface area contributed by atoms with Crippen LogP contribution in [-0.4, -0.2) is 36.1 Å². The quantitative estimate of drug-likeness (QED) is 0.874. The summed E-state index contributed by atoms with van der Waals surface area (Å²) in [6, 6.07) is 2.71. The van der Waals surface area contributed by atoms with Crippen molar-refractivity contribution in [2.75, 3.05) is 20.1 Å². The number of halogens is 2. The van der Waals surface area contributed by atoms with Gasteiger partial charge in [-0.2, -0.15) is 0 Å². The minimum absolute atomic E-state index is 0.640. The molecule has 0 aromatic carbocycles. The van der Waals surface area contributed by atoms with Gasteiger partial charge in [-0.15, -0.1) is 0 Å². The molecule has 0 saturated carbocycles. The Morgan fingerprint density at radius 1 is 1.44 bits per heavy atom. The van der Waals surface area contributed by atoms with Crippen LogP contribution < -0.4 is 5.32 Å². The van der Waals surface area contributed by atoms with Crippen molar-refractivity contribution in [3.63, 3.8) is 0 Å². The van der Waals surface area contributed by atoms with Crippen molar-refractivity contribution in [2.45, 2.75) is 31.8 Å². The van der Waals surface area contributed by atoms with Gasteiger partial charge in [0, 0.05) is 34.3 Å².